The van der Waals surface area contributed by atoms with Gasteiger partial charge < -0.3 is 5.32 Å². The van der Waals surface area contributed by atoms with Crippen molar-refractivity contribution in [3.8, 4) is 0 Å². The third-order valence-corrected chi connectivity index (χ3v) is 5.61. The van der Waals surface area contributed by atoms with Gasteiger partial charge in [0.25, 0.3) is 5.91 Å². The van der Waals surface area contributed by atoms with Gasteiger partial charge in [0.1, 0.15) is 0 Å². The highest BCUT2D eigenvalue weighted by molar-refractivity contribution is 5.95. The topological polar surface area (TPSA) is 69.3 Å². The monoisotopic (exact) mass is 365 g/mol. The summed E-state index contributed by atoms with van der Waals surface area (Å²) in [5.41, 5.74) is 9.88. The molecule has 2 saturated heterocycles. The lowest BCUT2D eigenvalue weighted by molar-refractivity contribution is 0.0855. The molecule has 27 heavy (non-hydrogen) atoms. The zero-order valence-corrected chi connectivity index (χ0v) is 15.7. The number of nitrogens with zero attached hydrogens (tertiary/aromatic N) is 2. The van der Waals surface area contributed by atoms with Gasteiger partial charge in [0.05, 0.1) is 6.17 Å². The molecule has 2 fully saturated rings. The number of rotatable bonds is 4. The van der Waals surface area contributed by atoms with Crippen LogP contribution in [-0.4, -0.2) is 41.1 Å². The maximum absolute atomic E-state index is 12.6. The molecule has 0 radical (unpaired) electrons. The van der Waals surface area contributed by atoms with E-state index in [1.54, 1.807) is 0 Å². The smallest absolute Gasteiger partial charge is 0.251 e. The minimum absolute atomic E-state index is 0.0344. The molecule has 0 spiro atoms. The van der Waals surface area contributed by atoms with E-state index in [1.165, 1.54) is 5.56 Å². The van der Waals surface area contributed by atoms with Gasteiger partial charge in [-0.25, -0.2) is 10.9 Å². The minimum Gasteiger partial charge on any atom is -0.348 e. The Morgan fingerprint density at radius 2 is 2.00 bits per heavy atom. The van der Waals surface area contributed by atoms with Crippen LogP contribution in [0.1, 0.15) is 46.8 Å². The van der Waals surface area contributed by atoms with Gasteiger partial charge in [-0.15, -0.1) is 0 Å². The number of hydrazine groups is 1. The fraction of sp³-hybridized carbons (Fsp3) is 0.429. The van der Waals surface area contributed by atoms with E-state index in [1.807, 2.05) is 43.6 Å². The molecule has 3 atom stereocenters. The quantitative estimate of drug-likeness (QED) is 0.775. The number of likely N-dealkylation sites (tertiary alicyclic amines) is 1. The van der Waals surface area contributed by atoms with Crippen molar-refractivity contribution < 1.29 is 4.79 Å². The molecule has 1 amide bonds. The number of piperidine rings is 1. The maximum Gasteiger partial charge on any atom is 0.251 e. The molecule has 2 aliphatic rings. The number of carbonyl (C=O) groups is 1. The standard InChI is InChI=1S/C21H27N5O/c1-15-5-2-3-7-18(15)21(27)23-17-6-4-12-26(14-17)20-13-19(24-25-20)16-8-10-22-11-9-16/h2-3,5,7-11,17,19-20,24-25H,4,6,12-14H2,1H3,(H,23,27). The molecule has 6 heteroatoms. The molecular weight excluding hydrogens is 338 g/mol. The third kappa shape index (κ3) is 4.18. The molecule has 2 aliphatic heterocycles. The van der Waals surface area contributed by atoms with Crippen molar-refractivity contribution >= 4 is 5.91 Å². The van der Waals surface area contributed by atoms with Gasteiger partial charge in [0, 0.05) is 36.6 Å². The number of hydrogen-bond donors (Lipinski definition) is 3. The molecule has 142 valence electrons. The lowest BCUT2D eigenvalue weighted by Gasteiger charge is -2.36. The zero-order valence-electron chi connectivity index (χ0n) is 15.7. The van der Waals surface area contributed by atoms with Crippen molar-refractivity contribution in [2.24, 2.45) is 0 Å². The average molecular weight is 365 g/mol. The van der Waals surface area contributed by atoms with Crippen molar-refractivity contribution in [2.75, 3.05) is 13.1 Å². The fourth-order valence-corrected chi connectivity index (χ4v) is 4.09. The molecule has 1 aromatic heterocycles. The van der Waals surface area contributed by atoms with E-state index >= 15 is 0 Å². The molecule has 3 N–H and O–H groups in total. The Labute approximate surface area is 160 Å². The first-order valence-corrected chi connectivity index (χ1v) is 9.72. The summed E-state index contributed by atoms with van der Waals surface area (Å²) in [6, 6.07) is 12.4. The predicted octanol–water partition coefficient (Wildman–Crippen LogP) is 2.15. The number of aromatic nitrogens is 1. The minimum atomic E-state index is 0.0344. The van der Waals surface area contributed by atoms with E-state index in [-0.39, 0.29) is 18.1 Å². The second-order valence-electron chi connectivity index (χ2n) is 7.50. The Hall–Kier alpha value is -2.28. The van der Waals surface area contributed by atoms with Crippen LogP contribution in [0.4, 0.5) is 0 Å². The summed E-state index contributed by atoms with van der Waals surface area (Å²) in [5.74, 6) is 0.0344. The highest BCUT2D eigenvalue weighted by atomic mass is 16.1. The number of amides is 1. The van der Waals surface area contributed by atoms with Crippen LogP contribution in [0.25, 0.3) is 0 Å². The fourth-order valence-electron chi connectivity index (χ4n) is 4.09. The van der Waals surface area contributed by atoms with Gasteiger partial charge in [-0.1, -0.05) is 18.2 Å². The van der Waals surface area contributed by atoms with Crippen molar-refractivity contribution in [1.82, 2.24) is 26.1 Å². The summed E-state index contributed by atoms with van der Waals surface area (Å²) < 4.78 is 0. The lowest BCUT2D eigenvalue weighted by atomic mass is 10.0. The number of benzene rings is 1. The summed E-state index contributed by atoms with van der Waals surface area (Å²) in [5, 5.41) is 3.24. The second kappa shape index (κ2) is 8.17. The average Bonchev–Trinajstić information content (AvgIpc) is 3.19. The van der Waals surface area contributed by atoms with E-state index in [4.69, 9.17) is 0 Å². The Kier molecular flexibility index (Phi) is 5.48. The summed E-state index contributed by atoms with van der Waals surface area (Å²) in [4.78, 5) is 19.2. The Balaban J connectivity index is 1.35. The van der Waals surface area contributed by atoms with Crippen molar-refractivity contribution in [3.05, 3.63) is 65.5 Å². The van der Waals surface area contributed by atoms with Crippen LogP contribution in [0.5, 0.6) is 0 Å². The van der Waals surface area contributed by atoms with E-state index in [0.29, 0.717) is 6.04 Å². The van der Waals surface area contributed by atoms with E-state index in [9.17, 15) is 4.79 Å². The van der Waals surface area contributed by atoms with Gasteiger partial charge in [0.15, 0.2) is 0 Å². The summed E-state index contributed by atoms with van der Waals surface area (Å²) >= 11 is 0. The van der Waals surface area contributed by atoms with Gasteiger partial charge in [-0.2, -0.15) is 0 Å². The number of pyridine rings is 1. The van der Waals surface area contributed by atoms with Crippen LogP contribution in [-0.2, 0) is 0 Å². The Morgan fingerprint density at radius 1 is 1.19 bits per heavy atom. The van der Waals surface area contributed by atoms with Gasteiger partial charge in [-0.3, -0.25) is 14.7 Å². The first-order valence-electron chi connectivity index (χ1n) is 9.72. The number of carbonyl (C=O) groups excluding carboxylic acids is 1. The van der Waals surface area contributed by atoms with Crippen LogP contribution in [0.15, 0.2) is 48.8 Å². The molecule has 1 aromatic carbocycles. The highest BCUT2D eigenvalue weighted by Gasteiger charge is 2.32. The molecule has 3 unspecified atom stereocenters. The lowest BCUT2D eigenvalue weighted by Crippen LogP contribution is -2.54. The van der Waals surface area contributed by atoms with Crippen LogP contribution in [0.3, 0.4) is 0 Å². The largest absolute Gasteiger partial charge is 0.348 e. The molecule has 3 heterocycles. The van der Waals surface area contributed by atoms with E-state index < -0.39 is 0 Å². The molecule has 2 aromatic rings. The van der Waals surface area contributed by atoms with Crippen molar-refractivity contribution in [2.45, 2.75) is 44.4 Å². The van der Waals surface area contributed by atoms with E-state index in [0.717, 1.165) is 43.5 Å². The summed E-state index contributed by atoms with van der Waals surface area (Å²) in [7, 11) is 0. The van der Waals surface area contributed by atoms with Crippen molar-refractivity contribution in [1.29, 1.82) is 0 Å². The van der Waals surface area contributed by atoms with Crippen LogP contribution >= 0.6 is 0 Å². The number of aryl methyl sites for hydroxylation is 1. The molecule has 6 nitrogen and oxygen atoms in total. The zero-order chi connectivity index (χ0) is 18.6. The predicted molar refractivity (Wildman–Crippen MR) is 105 cm³/mol. The molecule has 0 saturated carbocycles. The third-order valence-electron chi connectivity index (χ3n) is 5.61. The van der Waals surface area contributed by atoms with E-state index in [2.05, 4.69) is 38.2 Å². The normalized spacial score (nSPS) is 26.0. The summed E-state index contributed by atoms with van der Waals surface area (Å²) in [6.07, 6.45) is 7.08. The number of nitrogens with one attached hydrogen (secondary N) is 3. The highest BCUT2D eigenvalue weighted by Crippen LogP contribution is 2.25. The van der Waals surface area contributed by atoms with Crippen molar-refractivity contribution in [3.63, 3.8) is 0 Å². The SMILES string of the molecule is Cc1ccccc1C(=O)NC1CCCN(C2CC(c3ccncc3)NN2)C1. The number of hydrogen-bond acceptors (Lipinski definition) is 5. The first-order chi connectivity index (χ1) is 13.2. The summed E-state index contributed by atoms with van der Waals surface area (Å²) in [6.45, 7) is 3.91. The Morgan fingerprint density at radius 3 is 2.81 bits per heavy atom. The molecule has 4 rings (SSSR count). The molecular formula is C21H27N5O. The van der Waals surface area contributed by atoms with Gasteiger partial charge in [-0.05, 0) is 62.1 Å². The Bertz CT molecular complexity index is 781. The van der Waals surface area contributed by atoms with Crippen LogP contribution in [0.2, 0.25) is 0 Å². The van der Waals surface area contributed by atoms with Gasteiger partial charge >= 0.3 is 0 Å². The first kappa shape index (κ1) is 18.1. The molecule has 0 bridgehead atoms. The van der Waals surface area contributed by atoms with Crippen LogP contribution in [0, 0.1) is 6.92 Å². The van der Waals surface area contributed by atoms with Gasteiger partial charge in [0.2, 0.25) is 0 Å². The molecule has 0 aliphatic carbocycles. The maximum atomic E-state index is 12.6. The second-order valence-corrected chi connectivity index (χ2v) is 7.50. The van der Waals surface area contributed by atoms with Crippen LogP contribution < -0.4 is 16.2 Å².